The van der Waals surface area contributed by atoms with Crippen LogP contribution in [0.5, 0.6) is 0 Å². The quantitative estimate of drug-likeness (QED) is 0.674. The van der Waals surface area contributed by atoms with E-state index in [-0.39, 0.29) is 0 Å². The molecular formula is C16H32O2Si. The summed E-state index contributed by atoms with van der Waals surface area (Å²) in [6, 6.07) is 0. The van der Waals surface area contributed by atoms with Crippen LogP contribution in [0.4, 0.5) is 0 Å². The minimum Gasteiger partial charge on any atom is -0.397 e. The van der Waals surface area contributed by atoms with Crippen molar-refractivity contribution >= 4 is 8.56 Å². The number of rotatable bonds is 4. The van der Waals surface area contributed by atoms with Gasteiger partial charge in [-0.25, -0.2) is 0 Å². The third-order valence-electron chi connectivity index (χ3n) is 5.59. The van der Waals surface area contributed by atoms with Gasteiger partial charge in [0.25, 0.3) is 0 Å². The van der Waals surface area contributed by atoms with Crippen molar-refractivity contribution in [3.8, 4) is 0 Å². The van der Waals surface area contributed by atoms with Crippen LogP contribution < -0.4 is 0 Å². The van der Waals surface area contributed by atoms with Crippen molar-refractivity contribution in [2.75, 3.05) is 14.2 Å². The highest BCUT2D eigenvalue weighted by atomic mass is 28.4. The molecule has 2 fully saturated rings. The van der Waals surface area contributed by atoms with Crippen molar-refractivity contribution in [1.29, 1.82) is 0 Å². The molecule has 0 bridgehead atoms. The molecule has 2 aliphatic carbocycles. The summed E-state index contributed by atoms with van der Waals surface area (Å²) in [7, 11) is 1.81. The summed E-state index contributed by atoms with van der Waals surface area (Å²) in [5.41, 5.74) is 1.91. The first kappa shape index (κ1) is 15.5. The third-order valence-corrected chi connectivity index (χ3v) is 10.2. The van der Waals surface area contributed by atoms with Gasteiger partial charge < -0.3 is 8.85 Å². The smallest absolute Gasteiger partial charge is 0.344 e. The minimum absolute atomic E-state index is 0.479. The Morgan fingerprint density at radius 3 is 1.95 bits per heavy atom. The van der Waals surface area contributed by atoms with E-state index >= 15 is 0 Å². The predicted molar refractivity (Wildman–Crippen MR) is 82.6 cm³/mol. The molecule has 0 aromatic carbocycles. The zero-order valence-corrected chi connectivity index (χ0v) is 14.3. The molecule has 1 atom stereocenters. The van der Waals surface area contributed by atoms with E-state index in [0.717, 1.165) is 5.54 Å². The predicted octanol–water partition coefficient (Wildman–Crippen LogP) is 5.03. The fourth-order valence-electron chi connectivity index (χ4n) is 4.63. The normalized spacial score (nSPS) is 29.4. The van der Waals surface area contributed by atoms with Crippen molar-refractivity contribution in [3.63, 3.8) is 0 Å². The first-order chi connectivity index (χ1) is 9.04. The van der Waals surface area contributed by atoms with E-state index in [1.54, 1.807) is 0 Å². The Hall–Kier alpha value is 0.137. The van der Waals surface area contributed by atoms with Gasteiger partial charge in [0.1, 0.15) is 0 Å². The Morgan fingerprint density at radius 2 is 1.42 bits per heavy atom. The Morgan fingerprint density at radius 1 is 0.842 bits per heavy atom. The second-order valence-electron chi connectivity index (χ2n) is 7.42. The molecule has 0 aliphatic heterocycles. The topological polar surface area (TPSA) is 18.5 Å². The van der Waals surface area contributed by atoms with Gasteiger partial charge in [0.2, 0.25) is 0 Å². The van der Waals surface area contributed by atoms with E-state index in [9.17, 15) is 0 Å². The van der Waals surface area contributed by atoms with Gasteiger partial charge in [-0.2, -0.15) is 0 Å². The van der Waals surface area contributed by atoms with Crippen LogP contribution in [0.15, 0.2) is 0 Å². The number of hydrogen-bond donors (Lipinski definition) is 0. The molecule has 0 spiro atoms. The average Bonchev–Trinajstić information content (AvgIpc) is 2.41. The van der Waals surface area contributed by atoms with E-state index in [4.69, 9.17) is 8.85 Å². The Bertz CT molecular complexity index is 280. The highest BCUT2D eigenvalue weighted by Crippen LogP contribution is 2.52. The first-order valence-corrected chi connectivity index (χ1v) is 10.1. The highest BCUT2D eigenvalue weighted by Gasteiger charge is 2.53. The summed E-state index contributed by atoms with van der Waals surface area (Å²) in [4.78, 5) is 0. The summed E-state index contributed by atoms with van der Waals surface area (Å²) in [6.45, 7) is 4.84. The van der Waals surface area contributed by atoms with Crippen LogP contribution in [0.1, 0.15) is 71.6 Å². The van der Waals surface area contributed by atoms with Crippen molar-refractivity contribution in [2.24, 2.45) is 5.41 Å². The molecule has 19 heavy (non-hydrogen) atoms. The molecule has 112 valence electrons. The lowest BCUT2D eigenvalue weighted by atomic mass is 9.77. The molecule has 0 heterocycles. The summed E-state index contributed by atoms with van der Waals surface area (Å²) >= 11 is 0. The monoisotopic (exact) mass is 284 g/mol. The lowest BCUT2D eigenvalue weighted by Crippen LogP contribution is -2.52. The molecule has 2 nitrogen and oxygen atoms in total. The van der Waals surface area contributed by atoms with Crippen molar-refractivity contribution in [1.82, 2.24) is 0 Å². The second-order valence-corrected chi connectivity index (χ2v) is 11.3. The zero-order valence-electron chi connectivity index (χ0n) is 13.3. The molecule has 0 aromatic rings. The van der Waals surface area contributed by atoms with E-state index in [1.807, 2.05) is 14.2 Å². The van der Waals surface area contributed by atoms with E-state index < -0.39 is 8.56 Å². The van der Waals surface area contributed by atoms with Gasteiger partial charge >= 0.3 is 8.56 Å². The third kappa shape index (κ3) is 3.25. The SMILES string of the molecule is CO[Si](OC)(C1CCCCC1)C1CCCC(C)(C)C1. The molecule has 0 saturated heterocycles. The average molecular weight is 285 g/mol. The Balaban J connectivity index is 2.17. The molecule has 0 amide bonds. The van der Waals surface area contributed by atoms with Crippen LogP contribution in [-0.4, -0.2) is 22.8 Å². The molecular weight excluding hydrogens is 252 g/mol. The number of hydrogen-bond acceptors (Lipinski definition) is 2. The summed E-state index contributed by atoms with van der Waals surface area (Å²) in [5, 5.41) is 0. The Labute approximate surface area is 120 Å². The molecule has 3 heteroatoms. The molecule has 1 unspecified atom stereocenters. The summed E-state index contributed by atoms with van der Waals surface area (Å²) < 4.78 is 12.4. The van der Waals surface area contributed by atoms with Crippen LogP contribution in [0, 0.1) is 5.41 Å². The van der Waals surface area contributed by atoms with Crippen molar-refractivity contribution in [2.45, 2.75) is 82.7 Å². The Kier molecular flexibility index (Phi) is 5.13. The van der Waals surface area contributed by atoms with Crippen molar-refractivity contribution in [3.05, 3.63) is 0 Å². The molecule has 2 rings (SSSR count). The molecule has 0 radical (unpaired) electrons. The summed E-state index contributed by atoms with van der Waals surface area (Å²) in [6.07, 6.45) is 12.2. The first-order valence-electron chi connectivity index (χ1n) is 8.14. The lowest BCUT2D eigenvalue weighted by Gasteiger charge is -2.47. The van der Waals surface area contributed by atoms with Crippen LogP contribution in [0.2, 0.25) is 11.1 Å². The largest absolute Gasteiger partial charge is 0.397 e. The molecule has 2 saturated carbocycles. The van der Waals surface area contributed by atoms with Crippen molar-refractivity contribution < 1.29 is 8.85 Å². The van der Waals surface area contributed by atoms with Gasteiger partial charge in [0.05, 0.1) is 0 Å². The van der Waals surface area contributed by atoms with Gasteiger partial charge in [-0.1, -0.05) is 39.5 Å². The van der Waals surface area contributed by atoms with E-state index in [1.165, 1.54) is 57.8 Å². The van der Waals surface area contributed by atoms with Gasteiger partial charge in [-0.05, 0) is 37.5 Å². The minimum atomic E-state index is -2.03. The standard InChI is InChI=1S/C16H32O2Si/c1-16(2)12-8-11-15(13-16)19(17-3,18-4)14-9-6-5-7-10-14/h14-15H,5-13H2,1-4H3. The molecule has 0 aromatic heterocycles. The second kappa shape index (κ2) is 6.27. The molecule has 0 N–H and O–H groups in total. The van der Waals surface area contributed by atoms with E-state index in [0.29, 0.717) is 11.0 Å². The maximum absolute atomic E-state index is 6.18. The molecule has 2 aliphatic rings. The van der Waals surface area contributed by atoms with Gasteiger partial charge in [0, 0.05) is 25.3 Å². The summed E-state index contributed by atoms with van der Waals surface area (Å²) in [5.74, 6) is 0. The van der Waals surface area contributed by atoms with E-state index in [2.05, 4.69) is 13.8 Å². The van der Waals surface area contributed by atoms with Gasteiger partial charge in [0.15, 0.2) is 0 Å². The van der Waals surface area contributed by atoms with Crippen LogP contribution in [-0.2, 0) is 8.85 Å². The lowest BCUT2D eigenvalue weighted by molar-refractivity contribution is 0.161. The maximum Gasteiger partial charge on any atom is 0.344 e. The zero-order chi connectivity index (χ0) is 13.9. The fourth-order valence-corrected chi connectivity index (χ4v) is 9.45. The van der Waals surface area contributed by atoms with Crippen LogP contribution in [0.25, 0.3) is 0 Å². The van der Waals surface area contributed by atoms with Gasteiger partial charge in [-0.15, -0.1) is 0 Å². The van der Waals surface area contributed by atoms with Gasteiger partial charge in [-0.3, -0.25) is 0 Å². The highest BCUT2D eigenvalue weighted by molar-refractivity contribution is 6.70. The fraction of sp³-hybridized carbons (Fsp3) is 1.00. The maximum atomic E-state index is 6.18. The van der Waals surface area contributed by atoms with Crippen LogP contribution in [0.3, 0.4) is 0 Å². The van der Waals surface area contributed by atoms with Crippen LogP contribution >= 0.6 is 0 Å².